The summed E-state index contributed by atoms with van der Waals surface area (Å²) in [5.41, 5.74) is 7.72. The Labute approximate surface area is 94.9 Å². The van der Waals surface area contributed by atoms with E-state index < -0.39 is 0 Å². The SMILES string of the molecule is CCn1cc(Cn2cnc(CCN)c2)cn1. The first kappa shape index (κ1) is 10.9. The fourth-order valence-corrected chi connectivity index (χ4v) is 1.64. The van der Waals surface area contributed by atoms with Crippen LogP contribution < -0.4 is 5.73 Å². The Morgan fingerprint density at radius 3 is 2.94 bits per heavy atom. The summed E-state index contributed by atoms with van der Waals surface area (Å²) in [6.07, 6.45) is 8.67. The van der Waals surface area contributed by atoms with Gasteiger partial charge in [0.25, 0.3) is 0 Å². The van der Waals surface area contributed by atoms with E-state index in [4.69, 9.17) is 5.73 Å². The molecule has 2 aromatic rings. The lowest BCUT2D eigenvalue weighted by molar-refractivity contribution is 0.658. The molecule has 0 aromatic carbocycles. The quantitative estimate of drug-likeness (QED) is 0.803. The fourth-order valence-electron chi connectivity index (χ4n) is 1.64. The molecule has 0 amide bonds. The summed E-state index contributed by atoms with van der Waals surface area (Å²) in [5, 5.41) is 4.24. The van der Waals surface area contributed by atoms with Gasteiger partial charge >= 0.3 is 0 Å². The minimum absolute atomic E-state index is 0.644. The predicted molar refractivity (Wildman–Crippen MR) is 62.0 cm³/mol. The van der Waals surface area contributed by atoms with Crippen LogP contribution in [0.3, 0.4) is 0 Å². The highest BCUT2D eigenvalue weighted by Gasteiger charge is 2.01. The lowest BCUT2D eigenvalue weighted by atomic mass is 10.3. The van der Waals surface area contributed by atoms with Gasteiger partial charge in [0, 0.05) is 30.9 Å². The molecule has 2 rings (SSSR count). The van der Waals surface area contributed by atoms with Crippen LogP contribution in [0.5, 0.6) is 0 Å². The third-order valence-corrected chi connectivity index (χ3v) is 2.46. The Morgan fingerprint density at radius 2 is 2.25 bits per heavy atom. The van der Waals surface area contributed by atoms with E-state index >= 15 is 0 Å². The highest BCUT2D eigenvalue weighted by Crippen LogP contribution is 2.03. The number of aryl methyl sites for hydroxylation is 1. The third kappa shape index (κ3) is 2.49. The Balaban J connectivity index is 2.02. The maximum absolute atomic E-state index is 5.48. The lowest BCUT2D eigenvalue weighted by Gasteiger charge is -1.97. The van der Waals surface area contributed by atoms with Crippen molar-refractivity contribution in [3.05, 3.63) is 36.2 Å². The molecule has 0 aliphatic rings. The summed E-state index contributed by atoms with van der Waals surface area (Å²) in [5.74, 6) is 0. The number of hydrogen-bond acceptors (Lipinski definition) is 3. The summed E-state index contributed by atoms with van der Waals surface area (Å²) in [6, 6.07) is 0. The molecule has 0 atom stereocenters. The van der Waals surface area contributed by atoms with Gasteiger partial charge in [0.2, 0.25) is 0 Å². The second-order valence-electron chi connectivity index (χ2n) is 3.78. The van der Waals surface area contributed by atoms with Crippen molar-refractivity contribution in [3.8, 4) is 0 Å². The summed E-state index contributed by atoms with van der Waals surface area (Å²) in [4.78, 5) is 4.28. The van der Waals surface area contributed by atoms with Gasteiger partial charge in [0.15, 0.2) is 0 Å². The predicted octanol–water partition coefficient (Wildman–Crippen LogP) is 0.649. The standard InChI is InChI=1S/C11H17N5/c1-2-16-7-10(5-14-16)6-15-8-11(3-4-12)13-9-15/h5,7-9H,2-4,6,12H2,1H3. The van der Waals surface area contributed by atoms with E-state index in [2.05, 4.69) is 27.8 Å². The topological polar surface area (TPSA) is 61.7 Å². The number of aromatic nitrogens is 4. The summed E-state index contributed by atoms with van der Waals surface area (Å²) < 4.78 is 3.98. The number of nitrogens with two attached hydrogens (primary N) is 1. The van der Waals surface area contributed by atoms with Crippen molar-refractivity contribution in [3.63, 3.8) is 0 Å². The van der Waals surface area contributed by atoms with E-state index in [1.54, 1.807) is 0 Å². The van der Waals surface area contributed by atoms with Crippen LogP contribution in [-0.2, 0) is 19.5 Å². The van der Waals surface area contributed by atoms with Gasteiger partial charge in [-0.25, -0.2) is 4.98 Å². The zero-order chi connectivity index (χ0) is 11.4. The van der Waals surface area contributed by atoms with Crippen LogP contribution in [0.2, 0.25) is 0 Å². The van der Waals surface area contributed by atoms with Crippen molar-refractivity contribution in [1.82, 2.24) is 19.3 Å². The molecule has 0 saturated carbocycles. The maximum Gasteiger partial charge on any atom is 0.0952 e. The largest absolute Gasteiger partial charge is 0.333 e. The molecular weight excluding hydrogens is 202 g/mol. The molecule has 86 valence electrons. The van der Waals surface area contributed by atoms with Crippen LogP contribution in [0.1, 0.15) is 18.2 Å². The third-order valence-electron chi connectivity index (χ3n) is 2.46. The molecule has 2 N–H and O–H groups in total. The second kappa shape index (κ2) is 4.94. The monoisotopic (exact) mass is 219 g/mol. The Kier molecular flexibility index (Phi) is 3.36. The first-order valence-electron chi connectivity index (χ1n) is 5.54. The molecule has 2 heterocycles. The number of hydrogen-bond donors (Lipinski definition) is 1. The molecule has 2 aromatic heterocycles. The van der Waals surface area contributed by atoms with E-state index in [9.17, 15) is 0 Å². The van der Waals surface area contributed by atoms with E-state index in [0.717, 1.165) is 25.2 Å². The maximum atomic E-state index is 5.48. The van der Waals surface area contributed by atoms with Crippen LogP contribution in [0.15, 0.2) is 24.9 Å². The van der Waals surface area contributed by atoms with Crippen molar-refractivity contribution in [2.75, 3.05) is 6.54 Å². The van der Waals surface area contributed by atoms with Gasteiger partial charge in [0.05, 0.1) is 24.8 Å². The van der Waals surface area contributed by atoms with Crippen LogP contribution in [0.4, 0.5) is 0 Å². The Hall–Kier alpha value is -1.62. The molecule has 0 spiro atoms. The molecule has 0 radical (unpaired) electrons. The lowest BCUT2D eigenvalue weighted by Crippen LogP contribution is -2.02. The first-order chi connectivity index (χ1) is 7.81. The molecule has 0 aliphatic heterocycles. The van der Waals surface area contributed by atoms with E-state index in [-0.39, 0.29) is 0 Å². The average Bonchev–Trinajstić information content (AvgIpc) is 2.89. The molecule has 16 heavy (non-hydrogen) atoms. The summed E-state index contributed by atoms with van der Waals surface area (Å²) in [7, 11) is 0. The number of imidazole rings is 1. The first-order valence-corrected chi connectivity index (χ1v) is 5.54. The minimum atomic E-state index is 0.644. The second-order valence-corrected chi connectivity index (χ2v) is 3.78. The van der Waals surface area contributed by atoms with Crippen LogP contribution in [0, 0.1) is 0 Å². The van der Waals surface area contributed by atoms with Gasteiger partial charge in [-0.3, -0.25) is 4.68 Å². The molecule has 5 nitrogen and oxygen atoms in total. The van der Waals surface area contributed by atoms with Crippen LogP contribution in [0.25, 0.3) is 0 Å². The van der Waals surface area contributed by atoms with Crippen molar-refractivity contribution in [2.24, 2.45) is 5.73 Å². The van der Waals surface area contributed by atoms with Crippen molar-refractivity contribution in [2.45, 2.75) is 26.4 Å². The normalized spacial score (nSPS) is 10.9. The van der Waals surface area contributed by atoms with Crippen LogP contribution in [-0.4, -0.2) is 25.9 Å². The molecule has 0 aliphatic carbocycles. The number of nitrogens with zero attached hydrogens (tertiary/aromatic N) is 4. The van der Waals surface area contributed by atoms with E-state index in [0.29, 0.717) is 6.54 Å². The van der Waals surface area contributed by atoms with Gasteiger partial charge in [-0.2, -0.15) is 5.10 Å². The van der Waals surface area contributed by atoms with E-state index in [1.165, 1.54) is 5.56 Å². The fraction of sp³-hybridized carbons (Fsp3) is 0.455. The molecule has 0 unspecified atom stereocenters. The van der Waals surface area contributed by atoms with Crippen molar-refractivity contribution < 1.29 is 0 Å². The van der Waals surface area contributed by atoms with Gasteiger partial charge in [-0.1, -0.05) is 0 Å². The van der Waals surface area contributed by atoms with Gasteiger partial charge < -0.3 is 10.3 Å². The van der Waals surface area contributed by atoms with Crippen molar-refractivity contribution in [1.29, 1.82) is 0 Å². The van der Waals surface area contributed by atoms with Gasteiger partial charge in [-0.15, -0.1) is 0 Å². The van der Waals surface area contributed by atoms with Gasteiger partial charge in [-0.05, 0) is 13.5 Å². The molecule has 0 bridgehead atoms. The molecular formula is C11H17N5. The smallest absolute Gasteiger partial charge is 0.0952 e. The van der Waals surface area contributed by atoms with E-state index in [1.807, 2.05) is 23.4 Å². The Bertz CT molecular complexity index is 443. The highest BCUT2D eigenvalue weighted by molar-refractivity contribution is 5.07. The molecule has 0 fully saturated rings. The number of rotatable bonds is 5. The van der Waals surface area contributed by atoms with Crippen molar-refractivity contribution >= 4 is 0 Å². The zero-order valence-corrected chi connectivity index (χ0v) is 9.50. The summed E-state index contributed by atoms with van der Waals surface area (Å²) in [6.45, 7) is 4.44. The minimum Gasteiger partial charge on any atom is -0.333 e. The Morgan fingerprint density at radius 1 is 1.38 bits per heavy atom. The average molecular weight is 219 g/mol. The van der Waals surface area contributed by atoms with Gasteiger partial charge in [0.1, 0.15) is 0 Å². The summed E-state index contributed by atoms with van der Waals surface area (Å²) >= 11 is 0. The zero-order valence-electron chi connectivity index (χ0n) is 9.50. The highest BCUT2D eigenvalue weighted by atomic mass is 15.3. The molecule has 0 saturated heterocycles. The van der Waals surface area contributed by atoms with Crippen LogP contribution >= 0.6 is 0 Å². The molecule has 5 heteroatoms.